The zero-order valence-electron chi connectivity index (χ0n) is 17.1. The molecular formula is C22H28N2O4S. The molecule has 2 aromatic rings. The van der Waals surface area contributed by atoms with Crippen molar-refractivity contribution in [3.8, 4) is 5.75 Å². The van der Waals surface area contributed by atoms with Crippen LogP contribution in [-0.2, 0) is 21.2 Å². The van der Waals surface area contributed by atoms with Crippen molar-refractivity contribution in [2.24, 2.45) is 5.92 Å². The highest BCUT2D eigenvalue weighted by Crippen LogP contribution is 2.26. The molecule has 0 fully saturated rings. The largest absolute Gasteiger partial charge is 0.493 e. The third-order valence-corrected chi connectivity index (χ3v) is 6.83. The number of amides is 1. The lowest BCUT2D eigenvalue weighted by molar-refractivity contribution is -0.121. The van der Waals surface area contributed by atoms with Gasteiger partial charge in [0.25, 0.3) is 0 Å². The van der Waals surface area contributed by atoms with Crippen LogP contribution in [-0.4, -0.2) is 34.0 Å². The van der Waals surface area contributed by atoms with Crippen molar-refractivity contribution < 1.29 is 17.9 Å². The number of para-hydroxylation sites is 1. The van der Waals surface area contributed by atoms with Gasteiger partial charge in [-0.1, -0.05) is 35.9 Å². The Bertz CT molecular complexity index is 979. The van der Waals surface area contributed by atoms with Crippen LogP contribution in [0.2, 0.25) is 0 Å². The lowest BCUT2D eigenvalue weighted by Crippen LogP contribution is -2.36. The molecule has 7 heteroatoms. The monoisotopic (exact) mass is 416 g/mol. The number of sulfonamides is 1. The number of rotatable bonds is 7. The van der Waals surface area contributed by atoms with Gasteiger partial charge in [-0.3, -0.25) is 4.79 Å². The van der Waals surface area contributed by atoms with E-state index in [-0.39, 0.29) is 24.8 Å². The van der Waals surface area contributed by atoms with E-state index in [0.29, 0.717) is 29.2 Å². The zero-order chi connectivity index (χ0) is 21.0. The Morgan fingerprint density at radius 3 is 2.55 bits per heavy atom. The number of carbonyl (C=O) groups is 1. The molecule has 0 saturated heterocycles. The van der Waals surface area contributed by atoms with Crippen molar-refractivity contribution in [2.45, 2.75) is 38.5 Å². The minimum Gasteiger partial charge on any atom is -0.493 e. The molecule has 0 bridgehead atoms. The Kier molecular flexibility index (Phi) is 6.59. The second kappa shape index (κ2) is 8.97. The molecule has 1 aliphatic heterocycles. The standard InChI is InChI=1S/C22H28N2O4S/c1-15-10-16(2)22(17(3)11-15)29(26,27)24-9-8-21(25)23-13-18-12-19-6-4-5-7-20(19)28-14-18/h4-7,10-11,18,24H,8-9,12-14H2,1-3H3,(H,23,25). The van der Waals surface area contributed by atoms with Crippen LogP contribution < -0.4 is 14.8 Å². The molecule has 0 aliphatic carbocycles. The molecule has 1 amide bonds. The fraction of sp³-hybridized carbons (Fsp3) is 0.409. The summed E-state index contributed by atoms with van der Waals surface area (Å²) in [6.07, 6.45) is 0.947. The Hall–Kier alpha value is -2.38. The highest BCUT2D eigenvalue weighted by atomic mass is 32.2. The van der Waals surface area contributed by atoms with Crippen molar-refractivity contribution in [1.29, 1.82) is 0 Å². The molecule has 1 unspecified atom stereocenters. The second-order valence-electron chi connectivity index (χ2n) is 7.67. The summed E-state index contributed by atoms with van der Waals surface area (Å²) in [4.78, 5) is 12.4. The maximum Gasteiger partial charge on any atom is 0.241 e. The molecule has 0 spiro atoms. The van der Waals surface area contributed by atoms with Gasteiger partial charge in [0, 0.05) is 25.4 Å². The van der Waals surface area contributed by atoms with Crippen LogP contribution in [0.15, 0.2) is 41.3 Å². The predicted octanol–water partition coefficient (Wildman–Crippen LogP) is 2.65. The van der Waals surface area contributed by atoms with Gasteiger partial charge in [0.1, 0.15) is 5.75 Å². The van der Waals surface area contributed by atoms with Crippen molar-refractivity contribution in [3.63, 3.8) is 0 Å². The highest BCUT2D eigenvalue weighted by Gasteiger charge is 2.21. The van der Waals surface area contributed by atoms with E-state index in [2.05, 4.69) is 10.0 Å². The second-order valence-corrected chi connectivity index (χ2v) is 9.37. The Labute approximate surface area is 172 Å². The average molecular weight is 417 g/mol. The number of hydrogen-bond donors (Lipinski definition) is 2. The van der Waals surface area contributed by atoms with Gasteiger partial charge in [0.15, 0.2) is 0 Å². The van der Waals surface area contributed by atoms with Gasteiger partial charge >= 0.3 is 0 Å². The van der Waals surface area contributed by atoms with E-state index in [1.54, 1.807) is 13.8 Å². The summed E-state index contributed by atoms with van der Waals surface area (Å²) in [6.45, 7) is 6.64. The molecule has 6 nitrogen and oxygen atoms in total. The summed E-state index contributed by atoms with van der Waals surface area (Å²) in [5.41, 5.74) is 3.58. The number of hydrogen-bond acceptors (Lipinski definition) is 4. The van der Waals surface area contributed by atoms with Gasteiger partial charge in [-0.15, -0.1) is 0 Å². The van der Waals surface area contributed by atoms with Crippen LogP contribution in [0, 0.1) is 26.7 Å². The van der Waals surface area contributed by atoms with Crippen molar-refractivity contribution >= 4 is 15.9 Å². The topological polar surface area (TPSA) is 84.5 Å². The maximum absolute atomic E-state index is 12.6. The van der Waals surface area contributed by atoms with E-state index in [0.717, 1.165) is 23.3 Å². The fourth-order valence-electron chi connectivity index (χ4n) is 3.83. The van der Waals surface area contributed by atoms with Crippen LogP contribution in [0.3, 0.4) is 0 Å². The molecular weight excluding hydrogens is 388 g/mol. The molecule has 0 radical (unpaired) electrons. The molecule has 0 aromatic heterocycles. The van der Waals surface area contributed by atoms with Gasteiger partial charge in [-0.2, -0.15) is 0 Å². The number of benzene rings is 2. The zero-order valence-corrected chi connectivity index (χ0v) is 17.9. The van der Waals surface area contributed by atoms with Gasteiger partial charge in [-0.25, -0.2) is 13.1 Å². The molecule has 29 heavy (non-hydrogen) atoms. The first-order chi connectivity index (χ1) is 13.8. The summed E-state index contributed by atoms with van der Waals surface area (Å²) in [5, 5.41) is 2.89. The summed E-state index contributed by atoms with van der Waals surface area (Å²) >= 11 is 0. The highest BCUT2D eigenvalue weighted by molar-refractivity contribution is 7.89. The molecule has 156 valence electrons. The van der Waals surface area contributed by atoms with Crippen LogP contribution >= 0.6 is 0 Å². The van der Waals surface area contributed by atoms with E-state index in [4.69, 9.17) is 4.74 Å². The van der Waals surface area contributed by atoms with E-state index in [1.807, 2.05) is 43.3 Å². The number of fused-ring (bicyclic) bond motifs is 1. The Morgan fingerprint density at radius 1 is 1.14 bits per heavy atom. The van der Waals surface area contributed by atoms with Crippen molar-refractivity contribution in [2.75, 3.05) is 19.7 Å². The van der Waals surface area contributed by atoms with Gasteiger partial charge in [0.2, 0.25) is 15.9 Å². The Balaban J connectivity index is 1.47. The van der Waals surface area contributed by atoms with E-state index >= 15 is 0 Å². The van der Waals surface area contributed by atoms with Crippen LogP contribution in [0.1, 0.15) is 28.7 Å². The first-order valence-electron chi connectivity index (χ1n) is 9.81. The van der Waals surface area contributed by atoms with Crippen LogP contribution in [0.5, 0.6) is 5.75 Å². The number of nitrogens with one attached hydrogen (secondary N) is 2. The predicted molar refractivity (Wildman–Crippen MR) is 113 cm³/mol. The smallest absolute Gasteiger partial charge is 0.241 e. The summed E-state index contributed by atoms with van der Waals surface area (Å²) in [7, 11) is -3.65. The molecule has 1 aliphatic rings. The van der Waals surface area contributed by atoms with Gasteiger partial charge < -0.3 is 10.1 Å². The van der Waals surface area contributed by atoms with Crippen LogP contribution in [0.25, 0.3) is 0 Å². The quantitative estimate of drug-likeness (QED) is 0.727. The average Bonchev–Trinajstić information content (AvgIpc) is 2.65. The van der Waals surface area contributed by atoms with Crippen molar-refractivity contribution in [3.05, 3.63) is 58.7 Å². The number of carbonyl (C=O) groups excluding carboxylic acids is 1. The molecule has 2 aromatic carbocycles. The molecule has 2 N–H and O–H groups in total. The number of aryl methyl sites for hydroxylation is 3. The third-order valence-electron chi connectivity index (χ3n) is 5.06. The minimum absolute atomic E-state index is 0.0604. The normalized spacial score (nSPS) is 16.0. The van der Waals surface area contributed by atoms with E-state index in [9.17, 15) is 13.2 Å². The third kappa shape index (κ3) is 5.36. The summed E-state index contributed by atoms with van der Waals surface area (Å²) in [5.74, 6) is 0.943. The van der Waals surface area contributed by atoms with Gasteiger partial charge in [0.05, 0.1) is 11.5 Å². The summed E-state index contributed by atoms with van der Waals surface area (Å²) < 4.78 is 33.5. The maximum atomic E-state index is 12.6. The molecule has 0 saturated carbocycles. The first-order valence-corrected chi connectivity index (χ1v) is 11.3. The molecule has 1 atom stereocenters. The summed E-state index contributed by atoms with van der Waals surface area (Å²) in [6, 6.07) is 11.6. The fourth-order valence-corrected chi connectivity index (χ4v) is 5.31. The van der Waals surface area contributed by atoms with Gasteiger partial charge in [-0.05, 0) is 49.9 Å². The lowest BCUT2D eigenvalue weighted by Gasteiger charge is -2.25. The molecule has 3 rings (SSSR count). The SMILES string of the molecule is Cc1cc(C)c(S(=O)(=O)NCCC(=O)NCC2COc3ccccc3C2)c(C)c1. The number of ether oxygens (including phenoxy) is 1. The van der Waals surface area contributed by atoms with E-state index in [1.165, 1.54) is 0 Å². The van der Waals surface area contributed by atoms with E-state index < -0.39 is 10.0 Å². The minimum atomic E-state index is -3.65. The molecule has 1 heterocycles. The van der Waals surface area contributed by atoms with Crippen molar-refractivity contribution in [1.82, 2.24) is 10.0 Å². The Morgan fingerprint density at radius 2 is 1.83 bits per heavy atom. The first kappa shape index (κ1) is 21.3. The van der Waals surface area contributed by atoms with Crippen LogP contribution in [0.4, 0.5) is 0 Å². The lowest BCUT2D eigenvalue weighted by atomic mass is 9.97.